The number of rotatable bonds is 4. The first-order valence-corrected chi connectivity index (χ1v) is 7.99. The minimum Gasteiger partial charge on any atom is -0.752 e. The summed E-state index contributed by atoms with van der Waals surface area (Å²) in [6.07, 6.45) is 3.23. The Bertz CT molecular complexity index is 760. The predicted molar refractivity (Wildman–Crippen MR) is 91.3 cm³/mol. The van der Waals surface area contributed by atoms with Crippen molar-refractivity contribution in [3.05, 3.63) is 52.6 Å². The molecule has 1 unspecified atom stereocenters. The molecule has 122 valence electrons. The highest BCUT2D eigenvalue weighted by molar-refractivity contribution is 5.86. The van der Waals surface area contributed by atoms with E-state index < -0.39 is 6.04 Å². The third kappa shape index (κ3) is 2.97. The molecule has 1 aliphatic rings. The van der Waals surface area contributed by atoms with E-state index in [1.54, 1.807) is 6.92 Å². The quantitative estimate of drug-likeness (QED) is 0.910. The Hall–Kier alpha value is -2.27. The number of hydroxylamine groups is 2. The molecule has 2 heterocycles. The molecule has 0 fully saturated rings. The first-order chi connectivity index (χ1) is 11.0. The van der Waals surface area contributed by atoms with Crippen LogP contribution in [0.15, 0.2) is 41.9 Å². The van der Waals surface area contributed by atoms with E-state index in [2.05, 4.69) is 30.2 Å². The Balaban J connectivity index is 1.90. The van der Waals surface area contributed by atoms with E-state index in [0.717, 1.165) is 22.2 Å². The monoisotopic (exact) mass is 312 g/mol. The van der Waals surface area contributed by atoms with Gasteiger partial charge in [0.15, 0.2) is 0 Å². The number of aromatic nitrogens is 1. The molecule has 0 saturated heterocycles. The molecule has 2 aromatic rings. The number of H-pyrrole nitrogens is 1. The Morgan fingerprint density at radius 3 is 2.78 bits per heavy atom. The number of fused-ring (bicyclic) bond motifs is 1. The second kappa shape index (κ2) is 6.08. The van der Waals surface area contributed by atoms with Gasteiger partial charge in [0.05, 0.1) is 0 Å². The Morgan fingerprint density at radius 1 is 1.30 bits per heavy atom. The number of allylic oxidation sites excluding steroid dienone is 2. The van der Waals surface area contributed by atoms with Crippen molar-refractivity contribution in [2.24, 2.45) is 5.92 Å². The third-order valence-electron chi connectivity index (χ3n) is 4.34. The van der Waals surface area contributed by atoms with Crippen LogP contribution >= 0.6 is 0 Å². The normalized spacial score (nSPS) is 18.9. The van der Waals surface area contributed by atoms with E-state index in [1.165, 1.54) is 0 Å². The summed E-state index contributed by atoms with van der Waals surface area (Å²) in [4.78, 5) is 15.4. The zero-order valence-corrected chi connectivity index (χ0v) is 13.7. The van der Waals surface area contributed by atoms with Gasteiger partial charge < -0.3 is 20.6 Å². The van der Waals surface area contributed by atoms with Crippen LogP contribution in [0.5, 0.6) is 0 Å². The van der Waals surface area contributed by atoms with Crippen molar-refractivity contribution in [1.29, 1.82) is 0 Å². The maximum Gasteiger partial charge on any atom is 0.238 e. The van der Waals surface area contributed by atoms with Gasteiger partial charge in [-0.15, -0.1) is 0 Å². The van der Waals surface area contributed by atoms with Crippen molar-refractivity contribution >= 4 is 16.8 Å². The topological polar surface area (TPSA) is 71.2 Å². The molecule has 1 aromatic carbocycles. The van der Waals surface area contributed by atoms with Crippen LogP contribution in [0.25, 0.3) is 10.9 Å². The van der Waals surface area contributed by atoms with Crippen molar-refractivity contribution in [2.75, 3.05) is 0 Å². The summed E-state index contributed by atoms with van der Waals surface area (Å²) in [5.41, 5.74) is 3.48. The molecular formula is C18H22N3O2-. The Kier molecular flexibility index (Phi) is 4.13. The summed E-state index contributed by atoms with van der Waals surface area (Å²) in [5, 5.41) is 17.2. The summed E-state index contributed by atoms with van der Waals surface area (Å²) >= 11 is 0. The zero-order valence-electron chi connectivity index (χ0n) is 13.7. The van der Waals surface area contributed by atoms with Crippen molar-refractivity contribution in [1.82, 2.24) is 15.4 Å². The number of carbonyl (C=O) groups is 1. The predicted octanol–water partition coefficient (Wildman–Crippen LogP) is 3.29. The summed E-state index contributed by atoms with van der Waals surface area (Å²) in [6.45, 7) is 5.80. The molecule has 3 rings (SSSR count). The van der Waals surface area contributed by atoms with Crippen LogP contribution in [0, 0.1) is 11.1 Å². The smallest absolute Gasteiger partial charge is 0.238 e. The van der Waals surface area contributed by atoms with Gasteiger partial charge in [-0.25, -0.2) is 0 Å². The van der Waals surface area contributed by atoms with Gasteiger partial charge in [-0.2, -0.15) is 0 Å². The van der Waals surface area contributed by atoms with Gasteiger partial charge in [0, 0.05) is 34.9 Å². The molecule has 0 saturated carbocycles. The van der Waals surface area contributed by atoms with E-state index in [9.17, 15) is 10.0 Å². The van der Waals surface area contributed by atoms with Crippen LogP contribution in [0.2, 0.25) is 0 Å². The van der Waals surface area contributed by atoms with Gasteiger partial charge in [-0.05, 0) is 30.9 Å². The SMILES string of the molecule is CC1=C(Cc2c[nH]c3ccccc23)NC(CC(C)C)C(=O)N1[O-]. The maximum absolute atomic E-state index is 12.2. The van der Waals surface area contributed by atoms with E-state index in [0.29, 0.717) is 29.5 Å². The second-order valence-electron chi connectivity index (χ2n) is 6.56. The van der Waals surface area contributed by atoms with Crippen LogP contribution in [0.1, 0.15) is 32.8 Å². The lowest BCUT2D eigenvalue weighted by Gasteiger charge is -2.40. The first kappa shape index (κ1) is 15.6. The molecule has 5 heteroatoms. The second-order valence-corrected chi connectivity index (χ2v) is 6.56. The average Bonchev–Trinajstić information content (AvgIpc) is 2.93. The van der Waals surface area contributed by atoms with Gasteiger partial charge in [-0.3, -0.25) is 4.79 Å². The highest BCUT2D eigenvalue weighted by Gasteiger charge is 2.28. The van der Waals surface area contributed by atoms with Gasteiger partial charge in [0.1, 0.15) is 6.04 Å². The summed E-state index contributed by atoms with van der Waals surface area (Å²) in [5.74, 6) is -0.0449. The molecule has 0 bridgehead atoms. The van der Waals surface area contributed by atoms with Crippen molar-refractivity contribution in [2.45, 2.75) is 39.7 Å². The number of amides is 1. The highest BCUT2D eigenvalue weighted by atomic mass is 16.5. The number of aromatic amines is 1. The minimum absolute atomic E-state index is 0.345. The Morgan fingerprint density at radius 2 is 2.04 bits per heavy atom. The van der Waals surface area contributed by atoms with Gasteiger partial charge in [-0.1, -0.05) is 32.0 Å². The summed E-state index contributed by atoms with van der Waals surface area (Å²) in [7, 11) is 0. The number of hydrogen-bond acceptors (Lipinski definition) is 3. The molecule has 23 heavy (non-hydrogen) atoms. The van der Waals surface area contributed by atoms with Crippen LogP contribution in [-0.4, -0.2) is 22.0 Å². The zero-order chi connectivity index (χ0) is 16.6. The lowest BCUT2D eigenvalue weighted by molar-refractivity contribution is -0.130. The number of nitrogens with one attached hydrogen (secondary N) is 2. The largest absolute Gasteiger partial charge is 0.752 e. The average molecular weight is 312 g/mol. The Labute approximate surface area is 135 Å². The molecule has 5 nitrogen and oxygen atoms in total. The van der Waals surface area contributed by atoms with E-state index >= 15 is 0 Å². The van der Waals surface area contributed by atoms with E-state index in [4.69, 9.17) is 0 Å². The van der Waals surface area contributed by atoms with Gasteiger partial charge >= 0.3 is 0 Å². The number of carbonyl (C=O) groups excluding carboxylic acids is 1. The molecule has 0 spiro atoms. The van der Waals surface area contributed by atoms with E-state index in [-0.39, 0.29) is 5.91 Å². The third-order valence-corrected chi connectivity index (χ3v) is 4.34. The fraction of sp³-hybridized carbons (Fsp3) is 0.389. The number of benzene rings is 1. The van der Waals surface area contributed by atoms with Crippen molar-refractivity contribution < 1.29 is 4.79 Å². The van der Waals surface area contributed by atoms with Crippen LogP contribution in [-0.2, 0) is 11.2 Å². The lowest BCUT2D eigenvalue weighted by atomic mass is 9.98. The fourth-order valence-electron chi connectivity index (χ4n) is 3.08. The standard InChI is InChI=1S/C18H22N3O2/c1-11(2)8-17-18(22)21(23)12(3)16(20-17)9-13-10-19-15-7-5-4-6-14(13)15/h4-7,10-11,17,19-20H,8-9H2,1-3H3/q-1. The number of para-hydroxylation sites is 1. The minimum atomic E-state index is -0.434. The highest BCUT2D eigenvalue weighted by Crippen LogP contribution is 2.25. The summed E-state index contributed by atoms with van der Waals surface area (Å²) < 4.78 is 0. The van der Waals surface area contributed by atoms with Crippen LogP contribution in [0.4, 0.5) is 0 Å². The molecule has 1 aromatic heterocycles. The van der Waals surface area contributed by atoms with Gasteiger partial charge in [0.25, 0.3) is 0 Å². The molecule has 2 N–H and O–H groups in total. The van der Waals surface area contributed by atoms with Crippen molar-refractivity contribution in [3.8, 4) is 0 Å². The van der Waals surface area contributed by atoms with Gasteiger partial charge in [0.2, 0.25) is 5.91 Å². The number of hydrogen-bond donors (Lipinski definition) is 2. The molecular weight excluding hydrogens is 290 g/mol. The molecule has 0 radical (unpaired) electrons. The molecule has 1 aliphatic heterocycles. The van der Waals surface area contributed by atoms with Crippen molar-refractivity contribution in [3.63, 3.8) is 0 Å². The lowest BCUT2D eigenvalue weighted by Crippen LogP contribution is -2.49. The van der Waals surface area contributed by atoms with Crippen LogP contribution in [0.3, 0.4) is 0 Å². The summed E-state index contributed by atoms with van der Waals surface area (Å²) in [6, 6.07) is 7.64. The van der Waals surface area contributed by atoms with E-state index in [1.807, 2.05) is 24.4 Å². The molecule has 1 amide bonds. The fourth-order valence-corrected chi connectivity index (χ4v) is 3.08. The first-order valence-electron chi connectivity index (χ1n) is 7.99. The maximum atomic E-state index is 12.2. The number of nitrogens with zero attached hydrogens (tertiary/aromatic N) is 1. The molecule has 0 aliphatic carbocycles. The van der Waals surface area contributed by atoms with Crippen LogP contribution < -0.4 is 5.32 Å². The molecule has 1 atom stereocenters.